The van der Waals surface area contributed by atoms with Crippen LogP contribution in [-0.4, -0.2) is 43.0 Å². The number of hydrogen-bond donors (Lipinski definition) is 1. The van der Waals surface area contributed by atoms with Crippen molar-refractivity contribution >= 4 is 5.91 Å². The summed E-state index contributed by atoms with van der Waals surface area (Å²) in [6.07, 6.45) is 1.20. The van der Waals surface area contributed by atoms with E-state index in [9.17, 15) is 4.79 Å². The lowest BCUT2D eigenvalue weighted by Gasteiger charge is -2.35. The minimum Gasteiger partial charge on any atom is -0.330 e. The van der Waals surface area contributed by atoms with Crippen molar-refractivity contribution in [1.29, 1.82) is 0 Å². The van der Waals surface area contributed by atoms with E-state index in [1.54, 1.807) is 4.90 Å². The molecule has 1 N–H and O–H groups in total. The average molecular weight is 323 g/mol. The lowest BCUT2D eigenvalue weighted by atomic mass is 10.0. The number of carbonyl (C=O) groups is 1. The lowest BCUT2D eigenvalue weighted by molar-refractivity contribution is -0.927. The van der Waals surface area contributed by atoms with E-state index in [0.717, 1.165) is 37.3 Å². The molecule has 0 saturated carbocycles. The number of rotatable bonds is 4. The summed E-state index contributed by atoms with van der Waals surface area (Å²) in [5, 5.41) is 0. The summed E-state index contributed by atoms with van der Waals surface area (Å²) in [6.45, 7) is 8.38. The smallest absolute Gasteiger partial charge is 0.254 e. The Morgan fingerprint density at radius 3 is 2.17 bits per heavy atom. The Morgan fingerprint density at radius 2 is 1.58 bits per heavy atom. The van der Waals surface area contributed by atoms with Crippen molar-refractivity contribution in [2.45, 2.75) is 26.3 Å². The molecule has 0 spiro atoms. The summed E-state index contributed by atoms with van der Waals surface area (Å²) in [7, 11) is 0. The van der Waals surface area contributed by atoms with Crippen LogP contribution in [0.15, 0.2) is 54.6 Å². The molecule has 126 valence electrons. The molecule has 1 amide bonds. The van der Waals surface area contributed by atoms with Crippen molar-refractivity contribution in [2.75, 3.05) is 26.2 Å². The maximum Gasteiger partial charge on any atom is 0.254 e. The topological polar surface area (TPSA) is 24.8 Å². The van der Waals surface area contributed by atoms with Gasteiger partial charge in [0.2, 0.25) is 0 Å². The van der Waals surface area contributed by atoms with Gasteiger partial charge in [-0.05, 0) is 36.6 Å². The van der Waals surface area contributed by atoms with Crippen LogP contribution in [0.3, 0.4) is 0 Å². The zero-order valence-electron chi connectivity index (χ0n) is 14.7. The maximum absolute atomic E-state index is 12.7. The van der Waals surface area contributed by atoms with E-state index in [2.05, 4.69) is 26.0 Å². The molecule has 1 aliphatic rings. The molecule has 2 aromatic rings. The van der Waals surface area contributed by atoms with E-state index >= 15 is 0 Å². The van der Waals surface area contributed by atoms with Crippen molar-refractivity contribution in [2.24, 2.45) is 0 Å². The summed E-state index contributed by atoms with van der Waals surface area (Å²) in [6, 6.07) is 19.0. The van der Waals surface area contributed by atoms with Gasteiger partial charge < -0.3 is 9.80 Å². The quantitative estimate of drug-likeness (QED) is 0.919. The van der Waals surface area contributed by atoms with E-state index in [-0.39, 0.29) is 5.91 Å². The van der Waals surface area contributed by atoms with Crippen LogP contribution in [0.25, 0.3) is 11.1 Å². The summed E-state index contributed by atoms with van der Waals surface area (Å²) in [5.41, 5.74) is 3.13. The van der Waals surface area contributed by atoms with Crippen LogP contribution < -0.4 is 4.90 Å². The standard InChI is InChI=1S/C21H26N2O/c1-3-17(2)22-13-15-23(16-14-22)21(24)20-11-9-19(10-12-20)18-7-5-4-6-8-18/h4-12,17H,3,13-16H2,1-2H3/p+1/t17-/m0/s1. The first-order valence-electron chi connectivity index (χ1n) is 8.98. The van der Waals surface area contributed by atoms with Crippen LogP contribution in [0, 0.1) is 0 Å². The Balaban J connectivity index is 1.64. The Morgan fingerprint density at radius 1 is 1.00 bits per heavy atom. The van der Waals surface area contributed by atoms with E-state index in [1.807, 2.05) is 47.4 Å². The fourth-order valence-electron chi connectivity index (χ4n) is 3.40. The average Bonchev–Trinajstić information content (AvgIpc) is 2.68. The van der Waals surface area contributed by atoms with Gasteiger partial charge in [-0.3, -0.25) is 4.79 Å². The molecule has 0 aliphatic carbocycles. The van der Waals surface area contributed by atoms with Crippen LogP contribution in [0.5, 0.6) is 0 Å². The Kier molecular flexibility index (Phi) is 5.31. The van der Waals surface area contributed by atoms with Gasteiger partial charge in [-0.2, -0.15) is 0 Å². The highest BCUT2D eigenvalue weighted by atomic mass is 16.2. The van der Waals surface area contributed by atoms with Crippen molar-refractivity contribution in [3.05, 3.63) is 60.2 Å². The molecule has 3 rings (SSSR count). The molecule has 0 unspecified atom stereocenters. The van der Waals surface area contributed by atoms with Gasteiger partial charge in [0.05, 0.1) is 32.2 Å². The second kappa shape index (κ2) is 7.63. The third-order valence-corrected chi connectivity index (χ3v) is 5.24. The van der Waals surface area contributed by atoms with E-state index in [1.165, 1.54) is 12.0 Å². The number of amides is 1. The highest BCUT2D eigenvalue weighted by molar-refractivity contribution is 5.94. The second-order valence-electron chi connectivity index (χ2n) is 6.70. The molecule has 2 aromatic carbocycles. The fraction of sp³-hybridized carbons (Fsp3) is 0.381. The lowest BCUT2D eigenvalue weighted by Crippen LogP contribution is -3.17. The molecular weight excluding hydrogens is 296 g/mol. The largest absolute Gasteiger partial charge is 0.330 e. The predicted molar refractivity (Wildman–Crippen MR) is 98.2 cm³/mol. The van der Waals surface area contributed by atoms with Crippen molar-refractivity contribution < 1.29 is 9.69 Å². The molecule has 1 heterocycles. The van der Waals surface area contributed by atoms with Crippen LogP contribution in [0.1, 0.15) is 30.6 Å². The molecule has 1 aliphatic heterocycles. The highest BCUT2D eigenvalue weighted by Gasteiger charge is 2.26. The van der Waals surface area contributed by atoms with Crippen LogP contribution in [0.4, 0.5) is 0 Å². The molecule has 1 fully saturated rings. The monoisotopic (exact) mass is 323 g/mol. The van der Waals surface area contributed by atoms with Crippen molar-refractivity contribution in [3.8, 4) is 11.1 Å². The number of quaternary nitrogens is 1. The van der Waals surface area contributed by atoms with Gasteiger partial charge in [0.25, 0.3) is 5.91 Å². The molecule has 3 heteroatoms. The van der Waals surface area contributed by atoms with E-state index in [0.29, 0.717) is 6.04 Å². The first-order chi connectivity index (χ1) is 11.7. The van der Waals surface area contributed by atoms with Crippen LogP contribution in [0.2, 0.25) is 0 Å². The molecule has 0 radical (unpaired) electrons. The first-order valence-corrected chi connectivity index (χ1v) is 8.98. The Hall–Kier alpha value is -2.13. The van der Waals surface area contributed by atoms with Crippen LogP contribution in [-0.2, 0) is 0 Å². The SMILES string of the molecule is CC[C@H](C)[NH+]1CCN(C(=O)c2ccc(-c3ccccc3)cc2)CC1. The molecule has 0 aromatic heterocycles. The van der Waals surface area contributed by atoms with Gasteiger partial charge in [0.1, 0.15) is 0 Å². The molecule has 1 saturated heterocycles. The minimum absolute atomic E-state index is 0.165. The maximum atomic E-state index is 12.7. The Labute approximate surface area is 144 Å². The number of piperazine rings is 1. The fourth-order valence-corrected chi connectivity index (χ4v) is 3.40. The predicted octanol–water partition coefficient (Wildman–Crippen LogP) is 2.49. The van der Waals surface area contributed by atoms with Gasteiger partial charge in [-0.15, -0.1) is 0 Å². The zero-order valence-corrected chi connectivity index (χ0v) is 14.7. The number of benzene rings is 2. The molecule has 3 nitrogen and oxygen atoms in total. The third kappa shape index (κ3) is 3.68. The number of nitrogens with zero attached hydrogens (tertiary/aromatic N) is 1. The van der Waals surface area contributed by atoms with Gasteiger partial charge in [-0.25, -0.2) is 0 Å². The van der Waals surface area contributed by atoms with E-state index in [4.69, 9.17) is 0 Å². The summed E-state index contributed by atoms with van der Waals surface area (Å²) in [5.74, 6) is 0.165. The first kappa shape index (κ1) is 16.7. The van der Waals surface area contributed by atoms with Crippen LogP contribution >= 0.6 is 0 Å². The molecule has 1 atom stereocenters. The number of nitrogens with one attached hydrogen (secondary N) is 1. The minimum atomic E-state index is 0.165. The zero-order chi connectivity index (χ0) is 16.9. The van der Waals surface area contributed by atoms with Gasteiger partial charge in [0, 0.05) is 5.56 Å². The molecule has 0 bridgehead atoms. The van der Waals surface area contributed by atoms with Gasteiger partial charge >= 0.3 is 0 Å². The summed E-state index contributed by atoms with van der Waals surface area (Å²) >= 11 is 0. The second-order valence-corrected chi connectivity index (χ2v) is 6.70. The third-order valence-electron chi connectivity index (χ3n) is 5.24. The van der Waals surface area contributed by atoms with Gasteiger partial charge in [-0.1, -0.05) is 49.4 Å². The van der Waals surface area contributed by atoms with Crippen molar-refractivity contribution in [1.82, 2.24) is 4.90 Å². The normalized spacial score (nSPS) is 16.8. The molecular formula is C21H27N2O+. The highest BCUT2D eigenvalue weighted by Crippen LogP contribution is 2.19. The summed E-state index contributed by atoms with van der Waals surface area (Å²) < 4.78 is 0. The number of hydrogen-bond acceptors (Lipinski definition) is 1. The summed E-state index contributed by atoms with van der Waals surface area (Å²) in [4.78, 5) is 16.3. The van der Waals surface area contributed by atoms with Gasteiger partial charge in [0.15, 0.2) is 0 Å². The Bertz CT molecular complexity index is 658. The van der Waals surface area contributed by atoms with Crippen molar-refractivity contribution in [3.63, 3.8) is 0 Å². The number of carbonyl (C=O) groups excluding carboxylic acids is 1. The van der Waals surface area contributed by atoms with E-state index < -0.39 is 0 Å². The molecule has 24 heavy (non-hydrogen) atoms.